The maximum Gasteiger partial charge on any atom is 0.0728 e. The highest BCUT2D eigenvalue weighted by atomic mass is 35.5. The van der Waals surface area contributed by atoms with Gasteiger partial charge in [0.1, 0.15) is 0 Å². The van der Waals surface area contributed by atoms with Gasteiger partial charge in [-0.05, 0) is 43.5 Å². The molecule has 1 heterocycles. The van der Waals surface area contributed by atoms with Crippen LogP contribution in [0.3, 0.4) is 0 Å². The number of hydrogen-bond acceptors (Lipinski definition) is 3. The van der Waals surface area contributed by atoms with E-state index < -0.39 is 5.60 Å². The number of hydrogen-bond donors (Lipinski definition) is 2. The number of nitrogens with two attached hydrogens (primary N) is 1. The molecule has 4 heteroatoms. The second kappa shape index (κ2) is 6.88. The van der Waals surface area contributed by atoms with E-state index in [2.05, 4.69) is 11.0 Å². The molecule has 2 unspecified atom stereocenters. The van der Waals surface area contributed by atoms with Crippen LogP contribution >= 0.6 is 11.6 Å². The van der Waals surface area contributed by atoms with Gasteiger partial charge in [-0.25, -0.2) is 0 Å². The Morgan fingerprint density at radius 2 is 2.09 bits per heavy atom. The lowest BCUT2D eigenvalue weighted by molar-refractivity contribution is -0.0294. The maximum atomic E-state index is 11.3. The summed E-state index contributed by atoms with van der Waals surface area (Å²) in [6.07, 6.45) is 6.31. The van der Waals surface area contributed by atoms with Gasteiger partial charge in [-0.15, -0.1) is 0 Å². The number of halogens is 1. The fraction of sp³-hybridized carbons (Fsp3) is 0.667. The number of aliphatic hydroxyl groups is 1. The van der Waals surface area contributed by atoms with Crippen LogP contribution < -0.4 is 5.73 Å². The molecule has 0 radical (unpaired) electrons. The molecule has 3 nitrogen and oxygen atoms in total. The Labute approximate surface area is 138 Å². The predicted molar refractivity (Wildman–Crippen MR) is 91.3 cm³/mol. The van der Waals surface area contributed by atoms with Gasteiger partial charge in [0.2, 0.25) is 0 Å². The van der Waals surface area contributed by atoms with Crippen molar-refractivity contribution in [1.82, 2.24) is 4.90 Å². The zero-order valence-corrected chi connectivity index (χ0v) is 13.9. The normalized spacial score (nSPS) is 27.0. The minimum Gasteiger partial charge on any atom is -0.389 e. The van der Waals surface area contributed by atoms with Crippen LogP contribution in [0.15, 0.2) is 24.3 Å². The highest BCUT2D eigenvalue weighted by Gasteiger charge is 2.40. The number of benzene rings is 1. The van der Waals surface area contributed by atoms with Crippen molar-refractivity contribution in [3.8, 4) is 0 Å². The van der Waals surface area contributed by atoms with Gasteiger partial charge >= 0.3 is 0 Å². The van der Waals surface area contributed by atoms with Gasteiger partial charge in [0.25, 0.3) is 0 Å². The molecule has 2 atom stereocenters. The maximum absolute atomic E-state index is 11.3. The van der Waals surface area contributed by atoms with Crippen molar-refractivity contribution in [3.05, 3.63) is 34.9 Å². The van der Waals surface area contributed by atoms with Crippen molar-refractivity contribution in [2.75, 3.05) is 19.6 Å². The molecule has 0 spiro atoms. The second-order valence-electron chi connectivity index (χ2n) is 7.08. The molecule has 122 valence electrons. The van der Waals surface area contributed by atoms with Gasteiger partial charge in [-0.3, -0.25) is 0 Å². The lowest BCUT2D eigenvalue weighted by Gasteiger charge is -2.41. The van der Waals surface area contributed by atoms with Crippen molar-refractivity contribution in [2.45, 2.75) is 56.1 Å². The third kappa shape index (κ3) is 3.65. The Morgan fingerprint density at radius 3 is 2.73 bits per heavy atom. The molecular formula is C18H27ClN2O. The van der Waals surface area contributed by atoms with Crippen molar-refractivity contribution in [1.29, 1.82) is 0 Å². The molecule has 1 aliphatic carbocycles. The molecule has 22 heavy (non-hydrogen) atoms. The van der Waals surface area contributed by atoms with E-state index in [9.17, 15) is 5.11 Å². The molecule has 2 aliphatic rings. The summed E-state index contributed by atoms with van der Waals surface area (Å²) >= 11 is 6.20. The molecule has 0 aromatic heterocycles. The molecule has 2 fully saturated rings. The minimum atomic E-state index is -0.602. The summed E-state index contributed by atoms with van der Waals surface area (Å²) < 4.78 is 0. The first-order valence-corrected chi connectivity index (χ1v) is 8.90. The van der Waals surface area contributed by atoms with Crippen LogP contribution in [0.4, 0.5) is 0 Å². The van der Waals surface area contributed by atoms with Crippen LogP contribution in [0, 0.1) is 0 Å². The fourth-order valence-electron chi connectivity index (χ4n) is 4.11. The molecule has 1 aromatic carbocycles. The zero-order valence-electron chi connectivity index (χ0n) is 13.2. The number of likely N-dealkylation sites (tertiary alicyclic amines) is 1. The highest BCUT2D eigenvalue weighted by molar-refractivity contribution is 6.30. The first kappa shape index (κ1) is 16.3. The van der Waals surface area contributed by atoms with Crippen LogP contribution in [0.5, 0.6) is 0 Å². The molecular weight excluding hydrogens is 296 g/mol. The van der Waals surface area contributed by atoms with Crippen LogP contribution in [0.1, 0.15) is 50.0 Å². The third-order valence-corrected chi connectivity index (χ3v) is 5.60. The van der Waals surface area contributed by atoms with Crippen LogP contribution in [0.25, 0.3) is 0 Å². The molecule has 0 amide bonds. The summed E-state index contributed by atoms with van der Waals surface area (Å²) in [5, 5.41) is 12.1. The van der Waals surface area contributed by atoms with Gasteiger partial charge in [-0.2, -0.15) is 0 Å². The van der Waals surface area contributed by atoms with E-state index in [0.717, 1.165) is 62.3 Å². The average molecular weight is 323 g/mol. The number of nitrogens with zero attached hydrogens (tertiary/aromatic N) is 1. The lowest BCUT2D eigenvalue weighted by atomic mass is 9.72. The molecule has 1 saturated carbocycles. The van der Waals surface area contributed by atoms with Crippen LogP contribution in [-0.4, -0.2) is 41.3 Å². The number of rotatable bonds is 4. The van der Waals surface area contributed by atoms with E-state index in [1.807, 2.05) is 18.2 Å². The van der Waals surface area contributed by atoms with E-state index >= 15 is 0 Å². The van der Waals surface area contributed by atoms with E-state index in [-0.39, 0.29) is 12.0 Å². The average Bonchev–Trinajstić information content (AvgIpc) is 2.91. The predicted octanol–water partition coefficient (Wildman–Crippen LogP) is 3.15. The first-order chi connectivity index (χ1) is 10.6. The zero-order chi connectivity index (χ0) is 15.6. The molecule has 3 rings (SSSR count). The van der Waals surface area contributed by atoms with Crippen molar-refractivity contribution in [3.63, 3.8) is 0 Å². The second-order valence-corrected chi connectivity index (χ2v) is 7.52. The SMILES string of the molecule is NC1CCN(CC(c2cccc(Cl)c2)C2(O)CCCCC2)C1. The standard InChI is InChI=1S/C18H27ClN2O/c19-15-6-4-5-14(11-15)17(13-21-10-7-16(20)12-21)18(22)8-2-1-3-9-18/h4-6,11,16-17,22H,1-3,7-10,12-13,20H2. The van der Waals surface area contributed by atoms with Crippen LogP contribution in [0.2, 0.25) is 5.02 Å². The Bertz CT molecular complexity index is 502. The summed E-state index contributed by atoms with van der Waals surface area (Å²) in [6.45, 7) is 2.85. The molecule has 3 N–H and O–H groups in total. The fourth-order valence-corrected chi connectivity index (χ4v) is 4.31. The minimum absolute atomic E-state index is 0.122. The van der Waals surface area contributed by atoms with Crippen LogP contribution in [-0.2, 0) is 0 Å². The van der Waals surface area contributed by atoms with Gasteiger partial charge in [0.05, 0.1) is 5.60 Å². The Hall–Kier alpha value is -0.610. The van der Waals surface area contributed by atoms with Gasteiger partial charge in [0.15, 0.2) is 0 Å². The lowest BCUT2D eigenvalue weighted by Crippen LogP contribution is -2.44. The van der Waals surface area contributed by atoms with Gasteiger partial charge in [0, 0.05) is 30.1 Å². The topological polar surface area (TPSA) is 49.5 Å². The highest BCUT2D eigenvalue weighted by Crippen LogP contribution is 2.41. The Balaban J connectivity index is 1.84. The monoisotopic (exact) mass is 322 g/mol. The van der Waals surface area contributed by atoms with E-state index in [0.29, 0.717) is 0 Å². The van der Waals surface area contributed by atoms with Crippen molar-refractivity contribution < 1.29 is 5.11 Å². The molecule has 0 bridgehead atoms. The largest absolute Gasteiger partial charge is 0.389 e. The summed E-state index contributed by atoms with van der Waals surface area (Å²) in [5.41, 5.74) is 6.61. The van der Waals surface area contributed by atoms with Crippen molar-refractivity contribution >= 4 is 11.6 Å². The third-order valence-electron chi connectivity index (χ3n) is 5.37. The van der Waals surface area contributed by atoms with Crippen molar-refractivity contribution in [2.24, 2.45) is 5.73 Å². The molecule has 1 saturated heterocycles. The van der Waals surface area contributed by atoms with E-state index in [4.69, 9.17) is 17.3 Å². The van der Waals surface area contributed by atoms with Gasteiger partial charge < -0.3 is 15.7 Å². The Morgan fingerprint density at radius 1 is 1.32 bits per heavy atom. The smallest absolute Gasteiger partial charge is 0.0728 e. The van der Waals surface area contributed by atoms with E-state index in [1.165, 1.54) is 6.42 Å². The molecule has 1 aliphatic heterocycles. The van der Waals surface area contributed by atoms with E-state index in [1.54, 1.807) is 0 Å². The first-order valence-electron chi connectivity index (χ1n) is 8.53. The summed E-state index contributed by atoms with van der Waals surface area (Å²) in [6, 6.07) is 8.31. The van der Waals surface area contributed by atoms with Gasteiger partial charge in [-0.1, -0.05) is 43.0 Å². The summed E-state index contributed by atoms with van der Waals surface area (Å²) in [4.78, 5) is 2.41. The quantitative estimate of drug-likeness (QED) is 0.895. The Kier molecular flexibility index (Phi) is 5.08. The summed E-state index contributed by atoms with van der Waals surface area (Å²) in [5.74, 6) is 0.122. The molecule has 1 aromatic rings. The summed E-state index contributed by atoms with van der Waals surface area (Å²) in [7, 11) is 0.